The normalized spacial score (nSPS) is 13.9. The van der Waals surface area contributed by atoms with Gasteiger partial charge in [0.15, 0.2) is 0 Å². The van der Waals surface area contributed by atoms with Crippen molar-refractivity contribution in [2.45, 2.75) is 44.9 Å². The van der Waals surface area contributed by atoms with Gasteiger partial charge in [-0.3, -0.25) is 13.9 Å². The summed E-state index contributed by atoms with van der Waals surface area (Å²) in [6, 6.07) is 12.4. The van der Waals surface area contributed by atoms with Crippen LogP contribution in [-0.2, 0) is 21.2 Å². The number of sulfonamides is 1. The molecule has 0 saturated heterocycles. The molecule has 0 fully saturated rings. The highest BCUT2D eigenvalue weighted by Gasteiger charge is 2.29. The molecule has 1 amide bonds. The average molecular weight is 467 g/mol. The van der Waals surface area contributed by atoms with Gasteiger partial charge in [-0.15, -0.1) is 0 Å². The Kier molecular flexibility index (Phi) is 5.84. The van der Waals surface area contributed by atoms with Crippen LogP contribution in [0.4, 0.5) is 11.5 Å². The first kappa shape index (κ1) is 22.7. The van der Waals surface area contributed by atoms with E-state index >= 15 is 0 Å². The number of rotatable bonds is 5. The Bertz CT molecular complexity index is 1360. The fourth-order valence-corrected chi connectivity index (χ4v) is 5.35. The molecule has 4 rings (SSSR count). The number of carbonyl (C=O) groups is 2. The number of fused-ring (bicyclic) bond motifs is 1. The summed E-state index contributed by atoms with van der Waals surface area (Å²) in [5, 5.41) is 7.20. The third-order valence-electron chi connectivity index (χ3n) is 5.87. The molecular formula is C24H26N4O4S. The van der Waals surface area contributed by atoms with Gasteiger partial charge < -0.3 is 5.32 Å². The lowest BCUT2D eigenvalue weighted by atomic mass is 10.0. The monoisotopic (exact) mass is 466 g/mol. The second-order valence-electron chi connectivity index (χ2n) is 8.17. The molecule has 0 saturated carbocycles. The van der Waals surface area contributed by atoms with Gasteiger partial charge in [0.2, 0.25) is 11.8 Å². The van der Waals surface area contributed by atoms with Crippen molar-refractivity contribution in [3.8, 4) is 11.1 Å². The third-order valence-corrected chi connectivity index (χ3v) is 7.79. The topological polar surface area (TPSA) is 101 Å². The molecule has 0 aliphatic carbocycles. The number of hydrogen-bond donors (Lipinski definition) is 1. The predicted molar refractivity (Wildman–Crippen MR) is 127 cm³/mol. The second-order valence-corrected chi connectivity index (χ2v) is 10.1. The molecule has 1 aliphatic rings. The van der Waals surface area contributed by atoms with Gasteiger partial charge >= 0.3 is 0 Å². The number of nitrogens with zero attached hydrogens (tertiary/aromatic N) is 3. The maximum atomic E-state index is 13.5. The van der Waals surface area contributed by atoms with Crippen molar-refractivity contribution >= 4 is 33.3 Å². The number of amides is 1. The van der Waals surface area contributed by atoms with Gasteiger partial charge in [0.05, 0.1) is 16.3 Å². The summed E-state index contributed by atoms with van der Waals surface area (Å²) in [5.41, 5.74) is 3.93. The van der Waals surface area contributed by atoms with Crippen LogP contribution in [0.25, 0.3) is 11.1 Å². The Morgan fingerprint density at radius 3 is 2.42 bits per heavy atom. The molecule has 33 heavy (non-hydrogen) atoms. The number of aromatic nitrogens is 2. The van der Waals surface area contributed by atoms with Crippen molar-refractivity contribution in [1.29, 1.82) is 0 Å². The van der Waals surface area contributed by atoms with E-state index in [1.54, 1.807) is 37.3 Å². The number of anilines is 2. The van der Waals surface area contributed by atoms with E-state index < -0.39 is 10.0 Å². The van der Waals surface area contributed by atoms with E-state index in [9.17, 15) is 18.0 Å². The average Bonchev–Trinajstić information content (AvgIpc) is 3.09. The van der Waals surface area contributed by atoms with Crippen molar-refractivity contribution in [3.63, 3.8) is 0 Å². The summed E-state index contributed by atoms with van der Waals surface area (Å²) in [6.45, 7) is 5.58. The number of benzene rings is 2. The lowest BCUT2D eigenvalue weighted by Gasteiger charge is -2.21. The van der Waals surface area contributed by atoms with E-state index in [1.165, 1.54) is 16.0 Å². The summed E-state index contributed by atoms with van der Waals surface area (Å²) in [6.07, 6.45) is 0.660. The predicted octanol–water partition coefficient (Wildman–Crippen LogP) is 3.93. The van der Waals surface area contributed by atoms with Crippen LogP contribution in [0, 0.1) is 13.8 Å². The maximum absolute atomic E-state index is 13.5. The maximum Gasteiger partial charge on any atom is 0.264 e. The number of aryl methyl sites for hydroxylation is 3. The van der Waals surface area contributed by atoms with E-state index in [1.807, 2.05) is 26.0 Å². The van der Waals surface area contributed by atoms with E-state index in [2.05, 4.69) is 10.4 Å². The minimum Gasteiger partial charge on any atom is -0.310 e. The van der Waals surface area contributed by atoms with Crippen LogP contribution >= 0.6 is 0 Å². The van der Waals surface area contributed by atoms with Crippen molar-refractivity contribution in [2.75, 3.05) is 16.7 Å². The summed E-state index contributed by atoms with van der Waals surface area (Å²) in [4.78, 5) is 24.9. The Labute approximate surface area is 193 Å². The summed E-state index contributed by atoms with van der Waals surface area (Å²) in [7, 11) is -2.34. The van der Waals surface area contributed by atoms with E-state index in [-0.39, 0.29) is 29.6 Å². The van der Waals surface area contributed by atoms with Gasteiger partial charge in [-0.25, -0.2) is 8.42 Å². The van der Waals surface area contributed by atoms with Gasteiger partial charge in [-0.2, -0.15) is 9.78 Å². The quantitative estimate of drug-likeness (QED) is 0.614. The van der Waals surface area contributed by atoms with E-state index in [0.29, 0.717) is 40.3 Å². The molecule has 1 aliphatic heterocycles. The molecule has 2 heterocycles. The van der Waals surface area contributed by atoms with Crippen LogP contribution < -0.4 is 9.62 Å². The van der Waals surface area contributed by atoms with Crippen LogP contribution in [-0.4, -0.2) is 37.1 Å². The van der Waals surface area contributed by atoms with Gasteiger partial charge in [0.1, 0.15) is 5.82 Å². The van der Waals surface area contributed by atoms with Gasteiger partial charge in [0.25, 0.3) is 10.0 Å². The molecule has 1 aromatic heterocycles. The lowest BCUT2D eigenvalue weighted by Crippen LogP contribution is -2.27. The molecule has 2 aromatic carbocycles. The molecule has 3 aromatic rings. The molecule has 1 N–H and O–H groups in total. The summed E-state index contributed by atoms with van der Waals surface area (Å²) >= 11 is 0. The van der Waals surface area contributed by atoms with Crippen LogP contribution in [0.3, 0.4) is 0 Å². The van der Waals surface area contributed by atoms with Crippen LogP contribution in [0.2, 0.25) is 0 Å². The molecule has 0 bridgehead atoms. The Hall–Kier alpha value is -3.46. The first-order valence-electron chi connectivity index (χ1n) is 10.7. The molecule has 9 heteroatoms. The first-order chi connectivity index (χ1) is 15.6. The van der Waals surface area contributed by atoms with Crippen molar-refractivity contribution in [3.05, 3.63) is 59.3 Å². The molecule has 0 unspecified atom stereocenters. The van der Waals surface area contributed by atoms with Gasteiger partial charge in [-0.05, 0) is 49.6 Å². The van der Waals surface area contributed by atoms with Gasteiger partial charge in [-0.1, -0.05) is 36.8 Å². The van der Waals surface area contributed by atoms with Gasteiger partial charge in [0, 0.05) is 25.5 Å². The molecule has 0 radical (unpaired) electrons. The van der Waals surface area contributed by atoms with E-state index in [4.69, 9.17) is 0 Å². The highest BCUT2D eigenvalue weighted by molar-refractivity contribution is 7.92. The Morgan fingerprint density at radius 1 is 1.06 bits per heavy atom. The molecule has 0 spiro atoms. The van der Waals surface area contributed by atoms with Crippen LogP contribution in [0.15, 0.2) is 47.4 Å². The zero-order chi connectivity index (χ0) is 23.9. The fourth-order valence-electron chi connectivity index (χ4n) is 3.91. The van der Waals surface area contributed by atoms with E-state index in [0.717, 1.165) is 5.56 Å². The highest BCUT2D eigenvalue weighted by Crippen LogP contribution is 2.36. The molecule has 172 valence electrons. The summed E-state index contributed by atoms with van der Waals surface area (Å²) in [5.74, 6) is -0.258. The SMILES string of the molecule is CCc1nn2c(c1-c1ccc(C)c(S(=O)(=O)N(C)c3ccc(C)cc3)c1)NC(=O)CCC2=O. The molecule has 0 atom stereocenters. The molecule has 8 nitrogen and oxygen atoms in total. The zero-order valence-corrected chi connectivity index (χ0v) is 19.9. The Morgan fingerprint density at radius 2 is 1.76 bits per heavy atom. The van der Waals surface area contributed by atoms with Crippen molar-refractivity contribution in [2.24, 2.45) is 0 Å². The number of carbonyl (C=O) groups excluding carboxylic acids is 2. The lowest BCUT2D eigenvalue weighted by molar-refractivity contribution is -0.116. The zero-order valence-electron chi connectivity index (χ0n) is 19.0. The Balaban J connectivity index is 1.86. The van der Waals surface area contributed by atoms with Crippen LogP contribution in [0.5, 0.6) is 0 Å². The number of nitrogens with one attached hydrogen (secondary N) is 1. The second kappa shape index (κ2) is 8.47. The fraction of sp³-hybridized carbons (Fsp3) is 0.292. The smallest absolute Gasteiger partial charge is 0.264 e. The number of hydrogen-bond acceptors (Lipinski definition) is 5. The third kappa shape index (κ3) is 4.04. The minimum atomic E-state index is -3.87. The van der Waals surface area contributed by atoms with Crippen molar-refractivity contribution < 1.29 is 18.0 Å². The highest BCUT2D eigenvalue weighted by atomic mass is 32.2. The largest absolute Gasteiger partial charge is 0.310 e. The van der Waals surface area contributed by atoms with Crippen LogP contribution in [0.1, 0.15) is 41.4 Å². The first-order valence-corrected chi connectivity index (χ1v) is 12.2. The summed E-state index contributed by atoms with van der Waals surface area (Å²) < 4.78 is 29.6. The molecular weight excluding hydrogens is 440 g/mol. The van der Waals surface area contributed by atoms with Crippen molar-refractivity contribution in [1.82, 2.24) is 9.78 Å². The minimum absolute atomic E-state index is 0.0674. The standard InChI is InChI=1S/C24H26N4O4S/c1-5-19-23(24-25-21(29)12-13-22(30)28(24)26-19)17-9-8-16(3)20(14-17)33(31,32)27(4)18-10-6-15(2)7-11-18/h6-11,14H,5,12-13H2,1-4H3,(H,25,29).